The van der Waals surface area contributed by atoms with Crippen LogP contribution in [0.5, 0.6) is 0 Å². The molecule has 1 unspecified atom stereocenters. The Morgan fingerprint density at radius 1 is 1.27 bits per heavy atom. The second-order valence-corrected chi connectivity index (χ2v) is 5.90. The summed E-state index contributed by atoms with van der Waals surface area (Å²) in [4.78, 5) is 16.2. The Bertz CT molecular complexity index is 639. The molecule has 118 valence electrons. The van der Waals surface area contributed by atoms with E-state index in [0.717, 1.165) is 5.56 Å². The minimum atomic E-state index is -0.565. The fourth-order valence-electron chi connectivity index (χ4n) is 1.80. The van der Waals surface area contributed by atoms with Gasteiger partial charge in [-0.3, -0.25) is 4.79 Å². The van der Waals surface area contributed by atoms with Crippen molar-refractivity contribution in [2.75, 3.05) is 0 Å². The molecule has 2 atom stereocenters. The van der Waals surface area contributed by atoms with Gasteiger partial charge in [0.2, 0.25) is 5.91 Å². The lowest BCUT2D eigenvalue weighted by Crippen LogP contribution is -2.44. The first-order chi connectivity index (χ1) is 10.4. The van der Waals surface area contributed by atoms with Crippen molar-refractivity contribution in [1.29, 1.82) is 0 Å². The maximum Gasteiger partial charge on any atom is 0.257 e. The number of carbonyl (C=O) groups is 1. The molecule has 3 N–H and O–H groups in total. The van der Waals surface area contributed by atoms with E-state index < -0.39 is 6.04 Å². The smallest absolute Gasteiger partial charge is 0.257 e. The summed E-state index contributed by atoms with van der Waals surface area (Å²) in [5.74, 6) is 0.595. The molecule has 0 bridgehead atoms. The predicted octanol–water partition coefficient (Wildman–Crippen LogP) is 2.55. The molecule has 22 heavy (non-hydrogen) atoms. The standard InChI is InChI=1S/C15H19ClN4O2/c1-8(2)12(17)14(21)18-9(3)13-19-15(22-20-13)10-4-6-11(16)7-5-10/h4-9,12H,17H2,1-3H3,(H,18,21)/t9?,12-/m0/s1. The zero-order chi connectivity index (χ0) is 16.3. The average Bonchev–Trinajstić information content (AvgIpc) is 2.96. The summed E-state index contributed by atoms with van der Waals surface area (Å²) < 4.78 is 5.21. The van der Waals surface area contributed by atoms with Gasteiger partial charge in [-0.05, 0) is 37.1 Å². The Hall–Kier alpha value is -1.92. The first-order valence-corrected chi connectivity index (χ1v) is 7.41. The third-order valence-corrected chi connectivity index (χ3v) is 3.55. The van der Waals surface area contributed by atoms with Crippen molar-refractivity contribution in [3.8, 4) is 11.5 Å². The number of carbonyl (C=O) groups excluding carboxylic acids is 1. The third-order valence-electron chi connectivity index (χ3n) is 3.30. The summed E-state index contributed by atoms with van der Waals surface area (Å²) >= 11 is 5.84. The van der Waals surface area contributed by atoms with Crippen molar-refractivity contribution in [2.45, 2.75) is 32.9 Å². The van der Waals surface area contributed by atoms with Crippen molar-refractivity contribution in [3.05, 3.63) is 35.1 Å². The molecule has 1 amide bonds. The third kappa shape index (κ3) is 3.84. The number of rotatable bonds is 5. The molecule has 1 aromatic heterocycles. The molecule has 0 saturated heterocycles. The largest absolute Gasteiger partial charge is 0.345 e. The fraction of sp³-hybridized carbons (Fsp3) is 0.400. The Kier molecular flexibility index (Phi) is 5.15. The first-order valence-electron chi connectivity index (χ1n) is 7.04. The molecule has 0 spiro atoms. The van der Waals surface area contributed by atoms with E-state index in [9.17, 15) is 4.79 Å². The van der Waals surface area contributed by atoms with E-state index in [0.29, 0.717) is 16.7 Å². The SMILES string of the molecule is CC(NC(=O)[C@@H](N)C(C)C)c1noc(-c2ccc(Cl)cc2)n1. The van der Waals surface area contributed by atoms with Crippen molar-refractivity contribution in [3.63, 3.8) is 0 Å². The lowest BCUT2D eigenvalue weighted by atomic mass is 10.0. The molecule has 0 saturated carbocycles. The lowest BCUT2D eigenvalue weighted by Gasteiger charge is -2.17. The fourth-order valence-corrected chi connectivity index (χ4v) is 1.92. The van der Waals surface area contributed by atoms with E-state index in [-0.39, 0.29) is 17.9 Å². The maximum absolute atomic E-state index is 11.9. The minimum Gasteiger partial charge on any atom is -0.345 e. The topological polar surface area (TPSA) is 94.0 Å². The summed E-state index contributed by atoms with van der Waals surface area (Å²) in [6, 6.07) is 6.11. The number of nitrogens with one attached hydrogen (secondary N) is 1. The van der Waals surface area contributed by atoms with Crippen LogP contribution in [0.4, 0.5) is 0 Å². The quantitative estimate of drug-likeness (QED) is 0.882. The van der Waals surface area contributed by atoms with Crippen molar-refractivity contribution in [2.24, 2.45) is 11.7 Å². The molecule has 7 heteroatoms. The van der Waals surface area contributed by atoms with Crippen LogP contribution in [0.3, 0.4) is 0 Å². The molecule has 1 aromatic carbocycles. The summed E-state index contributed by atoms with van der Waals surface area (Å²) in [5.41, 5.74) is 6.57. The minimum absolute atomic E-state index is 0.0575. The van der Waals surface area contributed by atoms with Gasteiger partial charge in [-0.2, -0.15) is 4.98 Å². The highest BCUT2D eigenvalue weighted by Gasteiger charge is 2.22. The molecular weight excluding hydrogens is 304 g/mol. The number of nitrogens with zero attached hydrogens (tertiary/aromatic N) is 2. The molecule has 0 fully saturated rings. The molecular formula is C15H19ClN4O2. The Morgan fingerprint density at radius 3 is 2.50 bits per heavy atom. The summed E-state index contributed by atoms with van der Waals surface area (Å²) in [7, 11) is 0. The van der Waals surface area contributed by atoms with Crippen LogP contribution in [0.15, 0.2) is 28.8 Å². The number of benzene rings is 1. The summed E-state index contributed by atoms with van der Waals surface area (Å²) in [5, 5.41) is 7.31. The zero-order valence-corrected chi connectivity index (χ0v) is 13.5. The highest BCUT2D eigenvalue weighted by molar-refractivity contribution is 6.30. The van der Waals surface area contributed by atoms with Gasteiger partial charge in [0.05, 0.1) is 12.1 Å². The van der Waals surface area contributed by atoms with Crippen LogP contribution < -0.4 is 11.1 Å². The Labute approximate surface area is 134 Å². The normalized spacial score (nSPS) is 13.9. The van der Waals surface area contributed by atoms with E-state index in [2.05, 4.69) is 15.5 Å². The van der Waals surface area contributed by atoms with Crippen LogP contribution in [-0.2, 0) is 4.79 Å². The second kappa shape index (κ2) is 6.89. The molecule has 6 nitrogen and oxygen atoms in total. The molecule has 0 aliphatic carbocycles. The maximum atomic E-state index is 11.9. The highest BCUT2D eigenvalue weighted by atomic mass is 35.5. The summed E-state index contributed by atoms with van der Waals surface area (Å²) in [6.07, 6.45) is 0. The Balaban J connectivity index is 2.07. The molecule has 2 rings (SSSR count). The summed E-state index contributed by atoms with van der Waals surface area (Å²) in [6.45, 7) is 5.56. The van der Waals surface area contributed by atoms with Gasteiger partial charge in [0.25, 0.3) is 5.89 Å². The number of halogens is 1. The van der Waals surface area contributed by atoms with Gasteiger partial charge in [0.1, 0.15) is 0 Å². The van der Waals surface area contributed by atoms with Gasteiger partial charge in [-0.1, -0.05) is 30.6 Å². The molecule has 0 aliphatic heterocycles. The van der Waals surface area contributed by atoms with Gasteiger partial charge in [0.15, 0.2) is 5.82 Å². The molecule has 0 aliphatic rings. The first kappa shape index (κ1) is 16.5. The molecule has 2 aromatic rings. The number of aromatic nitrogens is 2. The number of hydrogen-bond acceptors (Lipinski definition) is 5. The van der Waals surface area contributed by atoms with E-state index in [1.807, 2.05) is 13.8 Å². The van der Waals surface area contributed by atoms with Crippen molar-refractivity contribution >= 4 is 17.5 Å². The molecule has 1 heterocycles. The van der Waals surface area contributed by atoms with Crippen LogP contribution in [0, 0.1) is 5.92 Å². The predicted molar refractivity (Wildman–Crippen MR) is 84.1 cm³/mol. The van der Waals surface area contributed by atoms with E-state index >= 15 is 0 Å². The van der Waals surface area contributed by atoms with Gasteiger partial charge in [-0.15, -0.1) is 0 Å². The number of nitrogens with two attached hydrogens (primary N) is 1. The second-order valence-electron chi connectivity index (χ2n) is 5.46. The Morgan fingerprint density at radius 2 is 1.91 bits per heavy atom. The van der Waals surface area contributed by atoms with Crippen LogP contribution >= 0.6 is 11.6 Å². The highest BCUT2D eigenvalue weighted by Crippen LogP contribution is 2.21. The molecule has 0 radical (unpaired) electrons. The van der Waals surface area contributed by atoms with Crippen LogP contribution in [0.25, 0.3) is 11.5 Å². The van der Waals surface area contributed by atoms with Gasteiger partial charge in [0, 0.05) is 10.6 Å². The van der Waals surface area contributed by atoms with Gasteiger partial charge >= 0.3 is 0 Å². The van der Waals surface area contributed by atoms with Crippen LogP contribution in [-0.4, -0.2) is 22.1 Å². The number of hydrogen-bond donors (Lipinski definition) is 2. The monoisotopic (exact) mass is 322 g/mol. The number of amides is 1. The van der Waals surface area contributed by atoms with Crippen molar-refractivity contribution in [1.82, 2.24) is 15.5 Å². The van der Waals surface area contributed by atoms with Crippen molar-refractivity contribution < 1.29 is 9.32 Å². The average molecular weight is 323 g/mol. The van der Waals surface area contributed by atoms with E-state index in [4.69, 9.17) is 21.9 Å². The van der Waals surface area contributed by atoms with E-state index in [1.165, 1.54) is 0 Å². The van der Waals surface area contributed by atoms with E-state index in [1.54, 1.807) is 31.2 Å². The van der Waals surface area contributed by atoms with Gasteiger partial charge < -0.3 is 15.6 Å². The van der Waals surface area contributed by atoms with Crippen LogP contribution in [0.1, 0.15) is 32.6 Å². The van der Waals surface area contributed by atoms with Gasteiger partial charge in [-0.25, -0.2) is 0 Å². The zero-order valence-electron chi connectivity index (χ0n) is 12.7. The lowest BCUT2D eigenvalue weighted by molar-refractivity contribution is -0.123. The van der Waals surface area contributed by atoms with Crippen LogP contribution in [0.2, 0.25) is 5.02 Å².